The van der Waals surface area contributed by atoms with Crippen molar-refractivity contribution in [3.63, 3.8) is 0 Å². The summed E-state index contributed by atoms with van der Waals surface area (Å²) in [5.41, 5.74) is 1.87. The topological polar surface area (TPSA) is 68.5 Å². The van der Waals surface area contributed by atoms with Gasteiger partial charge in [0.25, 0.3) is 10.0 Å². The van der Waals surface area contributed by atoms with E-state index in [0.717, 1.165) is 29.2 Å². The van der Waals surface area contributed by atoms with Gasteiger partial charge in [0, 0.05) is 16.8 Å². The molecule has 0 saturated heterocycles. The van der Waals surface area contributed by atoms with Crippen LogP contribution < -0.4 is 9.46 Å². The minimum absolute atomic E-state index is 0.187. The molecule has 6 heteroatoms. The van der Waals surface area contributed by atoms with Gasteiger partial charge >= 0.3 is 0 Å². The van der Waals surface area contributed by atoms with E-state index in [1.807, 2.05) is 30.3 Å². The molecule has 0 aliphatic carbocycles. The summed E-state index contributed by atoms with van der Waals surface area (Å²) in [7, 11) is -3.75. The van der Waals surface area contributed by atoms with Gasteiger partial charge in [-0.15, -0.1) is 0 Å². The van der Waals surface area contributed by atoms with Crippen LogP contribution in [0.4, 0.5) is 5.69 Å². The molecule has 3 aromatic carbocycles. The molecule has 0 amide bonds. The van der Waals surface area contributed by atoms with Gasteiger partial charge in [0.15, 0.2) is 0 Å². The van der Waals surface area contributed by atoms with Gasteiger partial charge in [0.05, 0.1) is 17.2 Å². The minimum atomic E-state index is -3.75. The number of furan rings is 1. The lowest BCUT2D eigenvalue weighted by Gasteiger charge is -2.11. The average molecular weight is 424 g/mol. The van der Waals surface area contributed by atoms with E-state index in [1.54, 1.807) is 36.4 Å². The maximum atomic E-state index is 13.0. The van der Waals surface area contributed by atoms with Crippen LogP contribution in [0.15, 0.2) is 76.0 Å². The highest BCUT2D eigenvalue weighted by Crippen LogP contribution is 2.31. The Balaban J connectivity index is 1.53. The van der Waals surface area contributed by atoms with Crippen LogP contribution in [0.3, 0.4) is 0 Å². The number of hydrogen-bond donors (Lipinski definition) is 1. The van der Waals surface area contributed by atoms with E-state index in [0.29, 0.717) is 23.6 Å². The number of hydrogen-bond acceptors (Lipinski definition) is 4. The molecular formula is C24H25NO4S. The van der Waals surface area contributed by atoms with Gasteiger partial charge < -0.3 is 9.15 Å². The first kappa shape index (κ1) is 20.3. The Morgan fingerprint density at radius 1 is 0.867 bits per heavy atom. The van der Waals surface area contributed by atoms with Crippen molar-refractivity contribution in [1.82, 2.24) is 0 Å². The number of fused-ring (bicyclic) bond motifs is 3. The predicted octanol–water partition coefficient (Wildman–Crippen LogP) is 6.35. The van der Waals surface area contributed by atoms with Crippen molar-refractivity contribution < 1.29 is 17.6 Å². The van der Waals surface area contributed by atoms with Gasteiger partial charge in [-0.05, 0) is 42.8 Å². The molecule has 0 unspecified atom stereocenters. The summed E-state index contributed by atoms with van der Waals surface area (Å²) < 4.78 is 40.1. The summed E-state index contributed by atoms with van der Waals surface area (Å²) >= 11 is 0. The summed E-state index contributed by atoms with van der Waals surface area (Å²) in [5, 5.41) is 1.67. The van der Waals surface area contributed by atoms with Gasteiger partial charge in [0.1, 0.15) is 16.9 Å². The molecule has 0 radical (unpaired) electrons. The Bertz CT molecular complexity index is 1260. The number of benzene rings is 3. The van der Waals surface area contributed by atoms with Gasteiger partial charge in [-0.1, -0.05) is 50.5 Å². The summed E-state index contributed by atoms with van der Waals surface area (Å²) in [6, 6.07) is 19.5. The fraction of sp³-hybridized carbons (Fsp3) is 0.250. The highest BCUT2D eigenvalue weighted by molar-refractivity contribution is 7.92. The van der Waals surface area contributed by atoms with E-state index in [1.165, 1.54) is 12.8 Å². The molecule has 0 aliphatic heterocycles. The van der Waals surface area contributed by atoms with Crippen LogP contribution in [0, 0.1) is 0 Å². The Morgan fingerprint density at radius 2 is 1.70 bits per heavy atom. The van der Waals surface area contributed by atoms with Crippen molar-refractivity contribution in [3.8, 4) is 5.75 Å². The SMILES string of the molecule is CCCCCCOc1cccc(NS(=O)(=O)c2ccc3oc4ccccc4c3c2)c1. The van der Waals surface area contributed by atoms with Crippen molar-refractivity contribution in [1.29, 1.82) is 0 Å². The van der Waals surface area contributed by atoms with Crippen molar-refractivity contribution >= 4 is 37.6 Å². The number of unbranched alkanes of at least 4 members (excludes halogenated alkanes) is 3. The Labute approximate surface area is 176 Å². The van der Waals surface area contributed by atoms with Crippen LogP contribution in [0.1, 0.15) is 32.6 Å². The van der Waals surface area contributed by atoms with Crippen LogP contribution >= 0.6 is 0 Å². The molecule has 156 valence electrons. The lowest BCUT2D eigenvalue weighted by Crippen LogP contribution is -2.13. The highest BCUT2D eigenvalue weighted by Gasteiger charge is 2.17. The van der Waals surface area contributed by atoms with E-state index in [-0.39, 0.29) is 4.90 Å². The zero-order valence-corrected chi connectivity index (χ0v) is 17.7. The van der Waals surface area contributed by atoms with Crippen molar-refractivity contribution in [2.24, 2.45) is 0 Å². The number of anilines is 1. The molecule has 0 saturated carbocycles. The normalized spacial score (nSPS) is 11.8. The molecule has 0 spiro atoms. The smallest absolute Gasteiger partial charge is 0.261 e. The number of rotatable bonds is 9. The standard InChI is InChI=1S/C24H25NO4S/c1-2-3-4-7-15-28-19-10-8-9-18(16-19)25-30(26,27)20-13-14-24-22(17-20)21-11-5-6-12-23(21)29-24/h5-6,8-14,16-17,25H,2-4,7,15H2,1H3. The Kier molecular flexibility index (Phi) is 5.95. The largest absolute Gasteiger partial charge is 0.494 e. The van der Waals surface area contributed by atoms with Gasteiger partial charge in [-0.2, -0.15) is 0 Å². The minimum Gasteiger partial charge on any atom is -0.494 e. The molecular weight excluding hydrogens is 398 g/mol. The lowest BCUT2D eigenvalue weighted by molar-refractivity contribution is 0.305. The second-order valence-corrected chi connectivity index (χ2v) is 8.98. The van der Waals surface area contributed by atoms with Crippen molar-refractivity contribution in [2.75, 3.05) is 11.3 Å². The van der Waals surface area contributed by atoms with Gasteiger partial charge in [-0.3, -0.25) is 4.72 Å². The maximum absolute atomic E-state index is 13.0. The van der Waals surface area contributed by atoms with Crippen LogP contribution in [0.25, 0.3) is 21.9 Å². The lowest BCUT2D eigenvalue weighted by atomic mass is 10.1. The van der Waals surface area contributed by atoms with Crippen LogP contribution in [0.5, 0.6) is 5.75 Å². The first-order valence-electron chi connectivity index (χ1n) is 10.2. The molecule has 1 aromatic heterocycles. The zero-order chi connectivity index (χ0) is 21.0. The highest BCUT2D eigenvalue weighted by atomic mass is 32.2. The molecule has 0 atom stereocenters. The van der Waals surface area contributed by atoms with Gasteiger partial charge in [0.2, 0.25) is 0 Å². The monoisotopic (exact) mass is 423 g/mol. The Morgan fingerprint density at radius 3 is 2.57 bits per heavy atom. The molecule has 1 N–H and O–H groups in total. The second-order valence-electron chi connectivity index (χ2n) is 7.30. The van der Waals surface area contributed by atoms with Crippen LogP contribution in [-0.4, -0.2) is 15.0 Å². The Hall–Kier alpha value is -2.99. The second kappa shape index (κ2) is 8.79. The number of sulfonamides is 1. The third-order valence-electron chi connectivity index (χ3n) is 5.01. The molecule has 4 aromatic rings. The first-order valence-corrected chi connectivity index (χ1v) is 11.7. The quantitative estimate of drug-likeness (QED) is 0.319. The summed E-state index contributed by atoms with van der Waals surface area (Å²) in [6.07, 6.45) is 4.49. The predicted molar refractivity (Wildman–Crippen MR) is 121 cm³/mol. The number of nitrogens with one attached hydrogen (secondary N) is 1. The molecule has 5 nitrogen and oxygen atoms in total. The van der Waals surface area contributed by atoms with E-state index in [9.17, 15) is 8.42 Å². The van der Waals surface area contributed by atoms with Crippen molar-refractivity contribution in [2.45, 2.75) is 37.5 Å². The zero-order valence-electron chi connectivity index (χ0n) is 16.9. The molecule has 0 fully saturated rings. The summed E-state index contributed by atoms with van der Waals surface area (Å²) in [6.45, 7) is 2.80. The van der Waals surface area contributed by atoms with E-state index < -0.39 is 10.0 Å². The molecule has 4 rings (SSSR count). The van der Waals surface area contributed by atoms with E-state index >= 15 is 0 Å². The molecule has 0 aliphatic rings. The first-order chi connectivity index (χ1) is 14.6. The molecule has 0 bridgehead atoms. The van der Waals surface area contributed by atoms with Gasteiger partial charge in [-0.25, -0.2) is 8.42 Å². The van der Waals surface area contributed by atoms with Crippen molar-refractivity contribution in [3.05, 3.63) is 66.7 Å². The third-order valence-corrected chi connectivity index (χ3v) is 6.39. The summed E-state index contributed by atoms with van der Waals surface area (Å²) in [5.74, 6) is 0.656. The third kappa shape index (κ3) is 4.44. The summed E-state index contributed by atoms with van der Waals surface area (Å²) in [4.78, 5) is 0.187. The van der Waals surface area contributed by atoms with E-state index in [4.69, 9.17) is 9.15 Å². The molecule has 30 heavy (non-hydrogen) atoms. The molecule has 1 heterocycles. The fourth-order valence-electron chi connectivity index (χ4n) is 3.45. The average Bonchev–Trinajstić information content (AvgIpc) is 3.11. The fourth-order valence-corrected chi connectivity index (χ4v) is 4.53. The van der Waals surface area contributed by atoms with Crippen LogP contribution in [0.2, 0.25) is 0 Å². The number of para-hydroxylation sites is 1. The number of ether oxygens (including phenoxy) is 1. The van der Waals surface area contributed by atoms with Crippen LogP contribution in [-0.2, 0) is 10.0 Å². The maximum Gasteiger partial charge on any atom is 0.261 e. The van der Waals surface area contributed by atoms with E-state index in [2.05, 4.69) is 11.6 Å².